The highest BCUT2D eigenvalue weighted by molar-refractivity contribution is 7.13. The number of hydrogen-bond donors (Lipinski definition) is 3. The van der Waals surface area contributed by atoms with Gasteiger partial charge in [0.2, 0.25) is 11.8 Å². The summed E-state index contributed by atoms with van der Waals surface area (Å²) in [5.74, 6) is 0.317. The van der Waals surface area contributed by atoms with E-state index < -0.39 is 47.0 Å². The Hall–Kier alpha value is -5.95. The first kappa shape index (κ1) is 51.4. The lowest BCUT2D eigenvalue weighted by Crippen LogP contribution is -2.59. The molecule has 380 valence electrons. The molecule has 5 heterocycles. The molecular formula is C53H67FN8O8S. The topological polar surface area (TPSA) is 181 Å². The monoisotopic (exact) mass is 994 g/mol. The number of nitrogens with zero attached hydrogens (tertiary/aromatic N) is 6. The first-order valence-electron chi connectivity index (χ1n) is 24.5. The van der Waals surface area contributed by atoms with E-state index in [1.165, 1.54) is 4.90 Å². The number of benzene rings is 2. The zero-order valence-electron chi connectivity index (χ0n) is 41.9. The number of fused-ring (bicyclic) bond motifs is 1. The minimum Gasteiger partial charge on any atom is -0.496 e. The lowest BCUT2D eigenvalue weighted by molar-refractivity contribution is -0.145. The summed E-state index contributed by atoms with van der Waals surface area (Å²) in [6, 6.07) is 9.74. The van der Waals surface area contributed by atoms with Crippen LogP contribution in [-0.2, 0) is 34.5 Å². The quantitative estimate of drug-likeness (QED) is 0.0820. The number of alkyl halides is 1. The molecule has 1 saturated carbocycles. The van der Waals surface area contributed by atoms with Crippen LogP contribution < -0.4 is 30.4 Å². The maximum atomic E-state index is 14.7. The third-order valence-electron chi connectivity index (χ3n) is 14.0. The van der Waals surface area contributed by atoms with Gasteiger partial charge in [0.05, 0.1) is 48.4 Å². The number of aliphatic hydroxyl groups excluding tert-OH is 1. The highest BCUT2D eigenvalue weighted by Gasteiger charge is 2.53. The fourth-order valence-corrected chi connectivity index (χ4v) is 10.4. The molecule has 1 aliphatic carbocycles. The Bertz CT molecular complexity index is 2800. The number of halogens is 1. The smallest absolute Gasteiger partial charge is 0.259 e. The number of rotatable bonds is 19. The second-order valence-corrected chi connectivity index (χ2v) is 21.1. The van der Waals surface area contributed by atoms with Gasteiger partial charge in [-0.15, -0.1) is 11.3 Å². The Kier molecular flexibility index (Phi) is 15.8. The van der Waals surface area contributed by atoms with Crippen LogP contribution >= 0.6 is 11.3 Å². The van der Waals surface area contributed by atoms with Crippen molar-refractivity contribution in [2.45, 2.75) is 103 Å². The number of aryl methyl sites for hydroxylation is 2. The van der Waals surface area contributed by atoms with Crippen molar-refractivity contribution in [3.05, 3.63) is 87.7 Å². The van der Waals surface area contributed by atoms with Crippen LogP contribution in [0.5, 0.6) is 17.2 Å². The van der Waals surface area contributed by atoms with Crippen molar-refractivity contribution in [1.29, 1.82) is 0 Å². The number of piperazine rings is 1. The predicted molar refractivity (Wildman–Crippen MR) is 271 cm³/mol. The van der Waals surface area contributed by atoms with Gasteiger partial charge in [0.15, 0.2) is 5.67 Å². The van der Waals surface area contributed by atoms with E-state index >= 15 is 0 Å². The van der Waals surface area contributed by atoms with Crippen molar-refractivity contribution in [2.75, 3.05) is 60.1 Å². The fourth-order valence-electron chi connectivity index (χ4n) is 9.60. The van der Waals surface area contributed by atoms with Gasteiger partial charge in [0.25, 0.3) is 11.5 Å². The van der Waals surface area contributed by atoms with E-state index in [-0.39, 0.29) is 37.9 Å². The molecule has 3 aliphatic rings. The molecule has 5 aromatic rings. The summed E-state index contributed by atoms with van der Waals surface area (Å²) in [5.41, 5.74) is 4.33. The molecule has 0 spiro atoms. The van der Waals surface area contributed by atoms with E-state index in [0.717, 1.165) is 102 Å². The highest BCUT2D eigenvalue weighted by Crippen LogP contribution is 2.41. The molecule has 3 amide bonds. The molecule has 3 N–H and O–H groups in total. The molecule has 18 heteroatoms. The number of thiazole rings is 1. The number of hydrogen-bond acceptors (Lipinski definition) is 13. The molecule has 3 unspecified atom stereocenters. The Balaban J connectivity index is 0.833. The first-order chi connectivity index (χ1) is 34.0. The lowest BCUT2D eigenvalue weighted by Gasteiger charge is -2.35. The van der Waals surface area contributed by atoms with Crippen LogP contribution in [0.15, 0.2) is 65.3 Å². The number of aromatic nitrogens is 3. The van der Waals surface area contributed by atoms with E-state index in [1.807, 2.05) is 55.0 Å². The largest absolute Gasteiger partial charge is 0.496 e. The molecule has 8 rings (SSSR count). The van der Waals surface area contributed by atoms with E-state index in [2.05, 4.69) is 30.4 Å². The fraction of sp³-hybridized carbons (Fsp3) is 0.509. The molecule has 3 atom stereocenters. The SMILES string of the molecule is COc1cc(-c2cn(C)c(=O)c3cnccc23)c(OC)cc1CN1CCN(CCCCCOc2cc(-c3scnc3C)ccc2CNC(=O)C2CC(O)CN2C(=O)C(NC(=O)C2(F)CC2)C(C)(C)C)CC1. The number of likely N-dealkylation sites (tertiary alicyclic amines) is 1. The summed E-state index contributed by atoms with van der Waals surface area (Å²) in [7, 11) is 5.08. The van der Waals surface area contributed by atoms with Gasteiger partial charge < -0.3 is 44.3 Å². The van der Waals surface area contributed by atoms with Crippen molar-refractivity contribution in [1.82, 2.24) is 39.9 Å². The summed E-state index contributed by atoms with van der Waals surface area (Å²) >= 11 is 1.55. The van der Waals surface area contributed by atoms with Gasteiger partial charge in [-0.3, -0.25) is 29.1 Å². The van der Waals surface area contributed by atoms with Gasteiger partial charge in [-0.1, -0.05) is 32.9 Å². The van der Waals surface area contributed by atoms with Crippen molar-refractivity contribution >= 4 is 39.8 Å². The average Bonchev–Trinajstić information content (AvgIpc) is 3.76. The Labute approximate surface area is 418 Å². The number of β-amino-alcohol motifs (C(OH)–C–C–N with tert-alkyl or cyclic N) is 1. The molecule has 3 fully saturated rings. The Morgan fingerprint density at radius 3 is 2.38 bits per heavy atom. The number of pyridine rings is 2. The molecule has 0 radical (unpaired) electrons. The second kappa shape index (κ2) is 21.8. The number of unbranched alkanes of at least 4 members (excludes halogenated alkanes) is 2. The van der Waals surface area contributed by atoms with E-state index in [1.54, 1.807) is 70.3 Å². The molecule has 16 nitrogen and oxygen atoms in total. The maximum Gasteiger partial charge on any atom is 0.259 e. The molecule has 0 bridgehead atoms. The van der Waals surface area contributed by atoms with Crippen molar-refractivity contribution in [3.8, 4) is 38.8 Å². The zero-order chi connectivity index (χ0) is 50.6. The van der Waals surface area contributed by atoms with Crippen LogP contribution in [0, 0.1) is 12.3 Å². The number of methoxy groups -OCH3 is 2. The van der Waals surface area contributed by atoms with Gasteiger partial charge in [0.1, 0.15) is 29.3 Å². The summed E-state index contributed by atoms with van der Waals surface area (Å²) in [6.45, 7) is 13.2. The van der Waals surface area contributed by atoms with Gasteiger partial charge in [-0.2, -0.15) is 0 Å². The molecule has 2 aromatic carbocycles. The summed E-state index contributed by atoms with van der Waals surface area (Å²) in [6.07, 6.45) is 7.29. The Morgan fingerprint density at radius 1 is 0.944 bits per heavy atom. The Morgan fingerprint density at radius 2 is 1.69 bits per heavy atom. The van der Waals surface area contributed by atoms with Crippen LogP contribution in [0.1, 0.15) is 76.1 Å². The summed E-state index contributed by atoms with van der Waals surface area (Å²) in [5, 5.41) is 17.6. The second-order valence-electron chi connectivity index (χ2n) is 20.2. The highest BCUT2D eigenvalue weighted by atomic mass is 32.1. The number of amides is 3. The summed E-state index contributed by atoms with van der Waals surface area (Å²) in [4.78, 5) is 69.3. The molecular weight excluding hydrogens is 928 g/mol. The standard InChI is InChI=1S/C53H67FN8O8S/c1-33-46(71-32-57-33)34-11-12-35(27-56-48(64)42-25-37(63)30-62(42)50(66)47(52(2,3)4)58-51(67)53(54)14-15-53)44(23-34)70-22-10-8-9-17-60-18-20-61(21-19-60)29-36-24-45(69-7)39(26-43(36)68-6)41-31-59(5)49(65)40-28-55-16-13-38(40)41/h11-13,16,23-24,26,28,31-32,37,42,47,63H,8-10,14-15,17-22,25,27,29-30H2,1-7H3,(H,56,64)(H,58,67). The van der Waals surface area contributed by atoms with Gasteiger partial charge in [0, 0.05) is 100 Å². The number of carbonyl (C=O) groups excluding carboxylic acids is 3. The van der Waals surface area contributed by atoms with Crippen molar-refractivity contribution in [2.24, 2.45) is 12.5 Å². The molecule has 2 saturated heterocycles. The number of carbonyl (C=O) groups is 3. The van der Waals surface area contributed by atoms with Crippen LogP contribution in [0.4, 0.5) is 4.39 Å². The number of ether oxygens (including phenoxy) is 3. The maximum absolute atomic E-state index is 14.7. The first-order valence-corrected chi connectivity index (χ1v) is 25.4. The van der Waals surface area contributed by atoms with E-state index in [9.17, 15) is 28.7 Å². The van der Waals surface area contributed by atoms with Crippen molar-refractivity contribution < 1.29 is 38.1 Å². The van der Waals surface area contributed by atoms with Crippen LogP contribution in [0.25, 0.3) is 32.3 Å². The van der Waals surface area contributed by atoms with Crippen LogP contribution in [0.2, 0.25) is 0 Å². The lowest BCUT2D eigenvalue weighted by atomic mass is 9.85. The minimum absolute atomic E-state index is 0.0375. The zero-order valence-corrected chi connectivity index (χ0v) is 42.7. The average molecular weight is 995 g/mol. The van der Waals surface area contributed by atoms with E-state index in [0.29, 0.717) is 30.0 Å². The molecule has 71 heavy (non-hydrogen) atoms. The predicted octanol–water partition coefficient (Wildman–Crippen LogP) is 6.03. The minimum atomic E-state index is -1.97. The van der Waals surface area contributed by atoms with Crippen LogP contribution in [-0.4, -0.2) is 136 Å². The van der Waals surface area contributed by atoms with E-state index in [4.69, 9.17) is 14.2 Å². The summed E-state index contributed by atoms with van der Waals surface area (Å²) < 4.78 is 34.6. The van der Waals surface area contributed by atoms with Crippen LogP contribution in [0.3, 0.4) is 0 Å². The number of aliphatic hydroxyl groups is 1. The van der Waals surface area contributed by atoms with Gasteiger partial charge >= 0.3 is 0 Å². The van der Waals surface area contributed by atoms with Gasteiger partial charge in [-0.25, -0.2) is 9.37 Å². The normalized spacial score (nSPS) is 18.6. The van der Waals surface area contributed by atoms with Gasteiger partial charge in [-0.05, 0) is 86.2 Å². The number of nitrogens with one attached hydrogen (secondary N) is 2. The molecule has 2 aliphatic heterocycles. The third-order valence-corrected chi connectivity index (χ3v) is 15.0. The molecule has 3 aromatic heterocycles. The van der Waals surface area contributed by atoms with Crippen molar-refractivity contribution in [3.63, 3.8) is 0 Å². The third kappa shape index (κ3) is 11.7.